The largest absolute Gasteiger partial charge is 0.744 e. The Labute approximate surface area is 172 Å². The number of nitrogens with one attached hydrogen (secondary N) is 1. The molecule has 0 saturated heterocycles. The van der Waals surface area contributed by atoms with Gasteiger partial charge in [0.2, 0.25) is 0 Å². The summed E-state index contributed by atoms with van der Waals surface area (Å²) in [6.45, 7) is 12.4. The smallest absolute Gasteiger partial charge is 0.396 e. The molecule has 0 bridgehead atoms. The van der Waals surface area contributed by atoms with Crippen LogP contribution in [-0.4, -0.2) is 63.1 Å². The quantitative estimate of drug-likeness (QED) is 0.494. The molecule has 30 heavy (non-hydrogen) atoms. The van der Waals surface area contributed by atoms with Gasteiger partial charge < -0.3 is 10.4 Å². The molecular formula is C18H26N6O6. The van der Waals surface area contributed by atoms with E-state index in [4.69, 9.17) is 0 Å². The second-order valence-corrected chi connectivity index (χ2v) is 9.71. The predicted molar refractivity (Wildman–Crippen MR) is 104 cm³/mol. The fraction of sp³-hybridized carbons (Fsp3) is 0.667. The third-order valence-electron chi connectivity index (χ3n) is 7.17. The van der Waals surface area contributed by atoms with Crippen LogP contribution < -0.4 is 11.2 Å². The maximum absolute atomic E-state index is 12.9. The van der Waals surface area contributed by atoms with Gasteiger partial charge in [0.1, 0.15) is 11.1 Å². The van der Waals surface area contributed by atoms with Gasteiger partial charge in [-0.05, 0) is 60.6 Å². The average molecular weight is 422 g/mol. The van der Waals surface area contributed by atoms with E-state index in [2.05, 4.69) is 0 Å². The highest BCUT2D eigenvalue weighted by Crippen LogP contribution is 2.37. The van der Waals surface area contributed by atoms with Crippen molar-refractivity contribution >= 4 is 11.8 Å². The molecule has 0 amide bonds. The maximum Gasteiger partial charge on any atom is 0.396 e. The summed E-state index contributed by atoms with van der Waals surface area (Å²) >= 11 is 0. The number of rotatable bonds is 1. The molecule has 2 aliphatic rings. The highest BCUT2D eigenvalue weighted by molar-refractivity contribution is 5.96. The molecule has 12 heteroatoms. The summed E-state index contributed by atoms with van der Waals surface area (Å²) in [7, 11) is 0. The van der Waals surface area contributed by atoms with Crippen LogP contribution in [0.4, 0.5) is 0 Å². The highest BCUT2D eigenvalue weighted by atomic mass is 16.5. The lowest BCUT2D eigenvalue weighted by atomic mass is 9.84. The molecule has 0 fully saturated rings. The van der Waals surface area contributed by atoms with E-state index in [1.165, 1.54) is 0 Å². The van der Waals surface area contributed by atoms with Crippen molar-refractivity contribution in [2.45, 2.75) is 77.5 Å². The van der Waals surface area contributed by atoms with Crippen molar-refractivity contribution in [2.75, 3.05) is 0 Å². The summed E-state index contributed by atoms with van der Waals surface area (Å²) < 4.78 is 1.47. The zero-order chi connectivity index (χ0) is 23.2. The van der Waals surface area contributed by atoms with Crippen molar-refractivity contribution < 1.29 is 19.9 Å². The molecule has 0 unspecified atom stereocenters. The molecule has 1 aromatic heterocycles. The van der Waals surface area contributed by atoms with Gasteiger partial charge in [0, 0.05) is 5.21 Å². The zero-order valence-corrected chi connectivity index (χ0v) is 18.3. The fourth-order valence-electron chi connectivity index (χ4n) is 3.38. The average Bonchev–Trinajstić information content (AvgIpc) is 2.81. The van der Waals surface area contributed by atoms with Crippen molar-refractivity contribution in [3.8, 4) is 0 Å². The number of amidine groups is 1. The van der Waals surface area contributed by atoms with Crippen LogP contribution >= 0.6 is 0 Å². The van der Waals surface area contributed by atoms with Crippen molar-refractivity contribution in [2.24, 2.45) is 0 Å². The number of nitrogens with zero attached hydrogens (tertiary/aromatic N) is 5. The van der Waals surface area contributed by atoms with Crippen molar-refractivity contribution in [1.29, 1.82) is 0 Å². The molecule has 12 nitrogen and oxygen atoms in total. The van der Waals surface area contributed by atoms with Crippen LogP contribution in [0.5, 0.6) is 0 Å². The Morgan fingerprint density at radius 3 is 1.70 bits per heavy atom. The number of aromatic nitrogens is 2. The summed E-state index contributed by atoms with van der Waals surface area (Å²) in [5.74, 6) is -1.08. The third kappa shape index (κ3) is 2.34. The Balaban J connectivity index is 2.32. The number of hydrogen-bond donors (Lipinski definition) is 1. The molecule has 3 rings (SSSR count). The first kappa shape index (κ1) is 21.8. The minimum absolute atomic E-state index is 0.389. The van der Waals surface area contributed by atoms with E-state index < -0.39 is 50.8 Å². The molecule has 2 radical (unpaired) electrons. The molecule has 0 aromatic carbocycles. The van der Waals surface area contributed by atoms with Crippen molar-refractivity contribution in [1.82, 2.24) is 19.7 Å². The van der Waals surface area contributed by atoms with E-state index in [0.29, 0.717) is 24.2 Å². The van der Waals surface area contributed by atoms with Crippen molar-refractivity contribution in [3.05, 3.63) is 43.0 Å². The van der Waals surface area contributed by atoms with E-state index in [-0.39, 0.29) is 0 Å². The maximum atomic E-state index is 12.9. The first-order valence-corrected chi connectivity index (χ1v) is 9.42. The topological polar surface area (TPSA) is 153 Å². The van der Waals surface area contributed by atoms with E-state index >= 15 is 0 Å². The second kappa shape index (κ2) is 5.85. The molecule has 0 saturated carbocycles. The molecular weight excluding hydrogens is 396 g/mol. The Kier molecular flexibility index (Phi) is 4.26. The molecule has 1 N–H and O–H groups in total. The molecule has 2 aliphatic heterocycles. The number of aromatic amines is 1. The monoisotopic (exact) mass is 422 g/mol. The normalized spacial score (nSPS) is 24.2. The molecule has 164 valence electrons. The van der Waals surface area contributed by atoms with Gasteiger partial charge in [0.05, 0.1) is 6.20 Å². The zero-order valence-electron chi connectivity index (χ0n) is 18.3. The van der Waals surface area contributed by atoms with E-state index in [1.807, 2.05) is 4.98 Å². The molecule has 1 aromatic rings. The Morgan fingerprint density at radius 1 is 0.833 bits per heavy atom. The van der Waals surface area contributed by atoms with Crippen LogP contribution in [-0.2, 0) is 10.4 Å². The van der Waals surface area contributed by atoms with E-state index in [1.54, 1.807) is 55.4 Å². The lowest BCUT2D eigenvalue weighted by molar-refractivity contribution is -0.541. The SMILES string of the molecule is CC1(C)N([O])C(c2cn(C3=[N+]([O-])C(C)(C)C(C)(C)N3[O])c(=O)[nH]c2=O)=[N+]([O-])C1(C)C. The highest BCUT2D eigenvalue weighted by Gasteiger charge is 2.61. The number of hydroxylamine groups is 6. The summed E-state index contributed by atoms with van der Waals surface area (Å²) in [6.07, 6.45) is 0.895. The van der Waals surface area contributed by atoms with Gasteiger partial charge in [-0.3, -0.25) is 19.3 Å². The van der Waals surface area contributed by atoms with Gasteiger partial charge in [-0.2, -0.15) is 4.57 Å². The minimum atomic E-state index is -1.21. The van der Waals surface area contributed by atoms with Crippen LogP contribution in [0.1, 0.15) is 61.0 Å². The Morgan fingerprint density at radius 2 is 1.30 bits per heavy atom. The van der Waals surface area contributed by atoms with Gasteiger partial charge in [-0.15, -0.1) is 0 Å². The number of H-pyrrole nitrogens is 1. The first-order valence-electron chi connectivity index (χ1n) is 9.42. The summed E-state index contributed by atoms with van der Waals surface area (Å²) in [6, 6.07) is 0. The minimum Gasteiger partial charge on any atom is -0.744 e. The first-order chi connectivity index (χ1) is 13.4. The van der Waals surface area contributed by atoms with Gasteiger partial charge in [0.25, 0.3) is 5.56 Å². The standard InChI is InChI=1S/C18H26N6O6/c1-15(2)16(3,4)22(28)12(21(15)27)10-9-20(13(26)19-11(10)25)14-23(29)17(5,6)18(7,8)24(14)30/h9H,1-8H3,(H,19,25,26). The van der Waals surface area contributed by atoms with Crippen LogP contribution in [0.25, 0.3) is 0 Å². The van der Waals surface area contributed by atoms with Crippen LogP contribution in [0.15, 0.2) is 15.8 Å². The molecule has 0 atom stereocenters. The Bertz CT molecular complexity index is 1020. The van der Waals surface area contributed by atoms with Crippen LogP contribution in [0.3, 0.4) is 0 Å². The van der Waals surface area contributed by atoms with Gasteiger partial charge in [0.15, 0.2) is 16.6 Å². The molecule has 0 aliphatic carbocycles. The number of hydrogen-bond acceptors (Lipinski definition) is 6. The lowest BCUT2D eigenvalue weighted by Crippen LogP contribution is -2.54. The van der Waals surface area contributed by atoms with Gasteiger partial charge in [-0.25, -0.2) is 4.79 Å². The predicted octanol–water partition coefficient (Wildman–Crippen LogP) is -0.0555. The van der Waals surface area contributed by atoms with E-state index in [0.717, 1.165) is 6.20 Å². The fourth-order valence-corrected chi connectivity index (χ4v) is 3.38. The van der Waals surface area contributed by atoms with Crippen molar-refractivity contribution in [3.63, 3.8) is 0 Å². The second-order valence-electron chi connectivity index (χ2n) is 9.71. The third-order valence-corrected chi connectivity index (χ3v) is 7.17. The van der Waals surface area contributed by atoms with Crippen LogP contribution in [0.2, 0.25) is 0 Å². The summed E-state index contributed by atoms with van der Waals surface area (Å²) in [5.41, 5.74) is -7.25. The Hall–Kier alpha value is -2.86. The summed E-state index contributed by atoms with van der Waals surface area (Å²) in [4.78, 5) is 27.0. The lowest BCUT2D eigenvalue weighted by Gasteiger charge is -2.34. The van der Waals surface area contributed by atoms with Crippen LogP contribution in [0, 0.1) is 10.4 Å². The van der Waals surface area contributed by atoms with E-state index in [9.17, 15) is 30.4 Å². The van der Waals surface area contributed by atoms with Gasteiger partial charge in [-0.1, -0.05) is 10.1 Å². The molecule has 0 spiro atoms. The molecule has 3 heterocycles. The summed E-state index contributed by atoms with van der Waals surface area (Å²) in [5, 5.41) is 52.4. The van der Waals surface area contributed by atoms with Gasteiger partial charge >= 0.3 is 17.5 Å².